The molecule has 5 heteroatoms. The van der Waals surface area contributed by atoms with Crippen LogP contribution in [-0.4, -0.2) is 40.0 Å². The van der Waals surface area contributed by atoms with Gasteiger partial charge in [0.05, 0.1) is 0 Å². The maximum absolute atomic E-state index is 2.99. The summed E-state index contributed by atoms with van der Waals surface area (Å²) < 4.78 is 0. The van der Waals surface area contributed by atoms with E-state index < -0.39 is 0 Å². The molecule has 0 nitrogen and oxygen atoms in total. The molecule has 16 heavy (non-hydrogen) atoms. The zero-order valence-electron chi connectivity index (χ0n) is 11.0. The van der Waals surface area contributed by atoms with Crippen molar-refractivity contribution in [3.63, 3.8) is 0 Å². The Balaban J connectivity index is -0.0000000350. The fourth-order valence-corrected chi connectivity index (χ4v) is 0.340. The fraction of sp³-hybridized carbons (Fsp3) is 0.636. The van der Waals surface area contributed by atoms with Crippen molar-refractivity contribution in [3.8, 4) is 0 Å². The summed E-state index contributed by atoms with van der Waals surface area (Å²) in [5.74, 6) is 0. The molecular weight excluding hydrogens is 316 g/mol. The van der Waals surface area contributed by atoms with Crippen molar-refractivity contribution < 1.29 is 43.4 Å². The first kappa shape index (κ1) is 30.5. The van der Waals surface area contributed by atoms with Crippen LogP contribution in [0.25, 0.3) is 0 Å². The second-order valence-corrected chi connectivity index (χ2v) is 9.05. The molecule has 1 radical (unpaired) electrons. The summed E-state index contributed by atoms with van der Waals surface area (Å²) in [5, 5.41) is 0. The van der Waals surface area contributed by atoms with Gasteiger partial charge in [-0.3, -0.25) is 6.08 Å². The van der Waals surface area contributed by atoms with Gasteiger partial charge < -0.3 is 24.8 Å². The van der Waals surface area contributed by atoms with Gasteiger partial charge in [-0.1, -0.05) is 0 Å². The van der Waals surface area contributed by atoms with Crippen molar-refractivity contribution in [2.45, 2.75) is 6.42 Å². The average molecular weight is 339 g/mol. The zero-order valence-corrected chi connectivity index (χ0v) is 15.7. The normalized spacial score (nSPS) is 10.0. The van der Waals surface area contributed by atoms with Gasteiger partial charge in [0, 0.05) is 0 Å². The molecular formula is C11H23Cl2P2V-. The van der Waals surface area contributed by atoms with Gasteiger partial charge in [0.15, 0.2) is 0 Å². The van der Waals surface area contributed by atoms with Crippen molar-refractivity contribution in [1.82, 2.24) is 0 Å². The van der Waals surface area contributed by atoms with E-state index in [1.54, 1.807) is 0 Å². The van der Waals surface area contributed by atoms with Gasteiger partial charge in [0.25, 0.3) is 0 Å². The van der Waals surface area contributed by atoms with E-state index in [9.17, 15) is 0 Å². The minimum atomic E-state index is 0. The van der Waals surface area contributed by atoms with Crippen LogP contribution in [0.2, 0.25) is 0 Å². The Morgan fingerprint density at radius 2 is 1.19 bits per heavy atom. The van der Waals surface area contributed by atoms with Gasteiger partial charge in [0.2, 0.25) is 0 Å². The number of rotatable bonds is 0. The van der Waals surface area contributed by atoms with Gasteiger partial charge in [0.1, 0.15) is 0 Å². The fourth-order valence-electron chi connectivity index (χ4n) is 0.340. The summed E-state index contributed by atoms with van der Waals surface area (Å²) in [7, 11) is 0.759. The summed E-state index contributed by atoms with van der Waals surface area (Å²) in [6.07, 6.45) is 10.0. The zero-order chi connectivity index (χ0) is 10.7. The molecule has 0 unspecified atom stereocenters. The predicted molar refractivity (Wildman–Crippen MR) is 71.0 cm³/mol. The van der Waals surface area contributed by atoms with Gasteiger partial charge >= 0.3 is 18.6 Å². The molecule has 97 valence electrons. The monoisotopic (exact) mass is 338 g/mol. The number of allylic oxidation sites excluding steroid dienone is 4. The quantitative estimate of drug-likeness (QED) is 0.355. The molecule has 0 atom stereocenters. The van der Waals surface area contributed by atoms with E-state index in [-0.39, 0.29) is 43.4 Å². The van der Waals surface area contributed by atoms with Crippen molar-refractivity contribution in [1.29, 1.82) is 0 Å². The van der Waals surface area contributed by atoms with E-state index in [1.165, 1.54) is 0 Å². The molecule has 1 aliphatic carbocycles. The number of hydrogen-bond acceptors (Lipinski definition) is 0. The van der Waals surface area contributed by atoms with Crippen LogP contribution in [0.5, 0.6) is 0 Å². The summed E-state index contributed by atoms with van der Waals surface area (Å²) >= 11 is 0. The molecule has 0 saturated heterocycles. The average Bonchev–Trinajstić information content (AvgIpc) is 2.35. The maximum atomic E-state index is 2.99. The Kier molecular flexibility index (Phi) is 48.4. The molecule has 0 saturated carbocycles. The van der Waals surface area contributed by atoms with E-state index >= 15 is 0 Å². The van der Waals surface area contributed by atoms with Crippen LogP contribution in [0.15, 0.2) is 18.2 Å². The second kappa shape index (κ2) is 25.4. The Morgan fingerprint density at radius 1 is 0.875 bits per heavy atom. The largest absolute Gasteiger partial charge is 2.00 e. The first-order valence-electron chi connectivity index (χ1n) is 4.40. The maximum Gasteiger partial charge on any atom is 2.00 e. The molecule has 0 fully saturated rings. The third-order valence-corrected chi connectivity index (χ3v) is 0.586. The van der Waals surface area contributed by atoms with Crippen molar-refractivity contribution in [2.24, 2.45) is 0 Å². The van der Waals surface area contributed by atoms with E-state index in [0.29, 0.717) is 15.8 Å². The van der Waals surface area contributed by atoms with E-state index in [0.717, 1.165) is 6.42 Å². The van der Waals surface area contributed by atoms with Crippen LogP contribution in [0, 0.1) is 6.08 Å². The molecule has 0 aliphatic heterocycles. The molecule has 0 spiro atoms. The topological polar surface area (TPSA) is 0 Å². The van der Waals surface area contributed by atoms with Gasteiger partial charge in [-0.2, -0.15) is 6.08 Å². The molecule has 1 rings (SSSR count). The Labute approximate surface area is 129 Å². The summed E-state index contributed by atoms with van der Waals surface area (Å²) in [6, 6.07) is 0. The van der Waals surface area contributed by atoms with Crippen LogP contribution in [0.4, 0.5) is 0 Å². The molecule has 0 aromatic heterocycles. The van der Waals surface area contributed by atoms with Crippen molar-refractivity contribution in [3.05, 3.63) is 24.3 Å². The van der Waals surface area contributed by atoms with Crippen LogP contribution >= 0.6 is 15.8 Å². The Morgan fingerprint density at radius 3 is 1.25 bits per heavy atom. The van der Waals surface area contributed by atoms with Gasteiger partial charge in [-0.25, -0.2) is 12.2 Å². The standard InChI is InChI=1S/C5H5.2C3H9P.2ClH.V/c1-2-4-5-3-1;2*1-4(2)3;;;/h1-3H,4H2;2*1-3H3;2*1H;/q-1;;;;;+2/p-2. The minimum absolute atomic E-state index is 0. The Hall–Kier alpha value is 1.50. The van der Waals surface area contributed by atoms with Crippen molar-refractivity contribution in [2.75, 3.05) is 40.0 Å². The number of hydrogen-bond donors (Lipinski definition) is 0. The summed E-state index contributed by atoms with van der Waals surface area (Å²) in [4.78, 5) is 0. The van der Waals surface area contributed by atoms with E-state index in [2.05, 4.69) is 52.1 Å². The van der Waals surface area contributed by atoms with Gasteiger partial charge in [-0.15, -0.1) is 22.3 Å². The van der Waals surface area contributed by atoms with Crippen molar-refractivity contribution >= 4 is 15.8 Å². The SMILES string of the molecule is CP(C)C.CP(C)C.[C-]1=CC=CC1.[Cl-].[Cl-].[V+2]. The van der Waals surface area contributed by atoms with Crippen LogP contribution in [0.3, 0.4) is 0 Å². The predicted octanol–water partition coefficient (Wildman–Crippen LogP) is -1.97. The first-order valence-corrected chi connectivity index (χ1v) is 9.77. The minimum Gasteiger partial charge on any atom is -1.00 e. The van der Waals surface area contributed by atoms with Crippen LogP contribution in [-0.2, 0) is 18.6 Å². The molecule has 0 aromatic carbocycles. The van der Waals surface area contributed by atoms with Crippen LogP contribution in [0.1, 0.15) is 6.42 Å². The van der Waals surface area contributed by atoms with E-state index in [4.69, 9.17) is 0 Å². The molecule has 0 bridgehead atoms. The third-order valence-electron chi connectivity index (χ3n) is 0.586. The molecule has 0 aromatic rings. The third kappa shape index (κ3) is 77.1. The smallest absolute Gasteiger partial charge is 1.00 e. The molecule has 1 aliphatic rings. The second-order valence-electron chi connectivity index (χ2n) is 3.69. The van der Waals surface area contributed by atoms with Gasteiger partial charge in [-0.05, 0) is 40.0 Å². The molecule has 0 N–H and O–H groups in total. The Bertz CT molecular complexity index is 127. The number of halogens is 2. The summed E-state index contributed by atoms with van der Waals surface area (Å²) in [6.45, 7) is 13.4. The van der Waals surface area contributed by atoms with E-state index in [1.807, 2.05) is 12.2 Å². The molecule has 0 heterocycles. The first-order chi connectivity index (χ1) is 5.96. The van der Waals surface area contributed by atoms with Crippen LogP contribution < -0.4 is 24.8 Å². The summed E-state index contributed by atoms with van der Waals surface area (Å²) in [5.41, 5.74) is 0. The molecule has 0 amide bonds.